The van der Waals surface area contributed by atoms with Crippen molar-refractivity contribution >= 4 is 0 Å². The minimum atomic E-state index is -0.941. The fourth-order valence-corrected chi connectivity index (χ4v) is 2.00. The molecule has 90 valence electrons. The zero-order chi connectivity index (χ0) is 12.6. The van der Waals surface area contributed by atoms with Crippen molar-refractivity contribution in [2.75, 3.05) is 0 Å². The van der Waals surface area contributed by atoms with Crippen molar-refractivity contribution in [3.63, 3.8) is 0 Å². The Morgan fingerprint density at radius 1 is 1.12 bits per heavy atom. The van der Waals surface area contributed by atoms with Gasteiger partial charge < -0.3 is 10.1 Å². The van der Waals surface area contributed by atoms with E-state index in [1.54, 1.807) is 18.2 Å². The van der Waals surface area contributed by atoms with Crippen molar-refractivity contribution in [1.29, 1.82) is 0 Å². The largest absolute Gasteiger partial charge is 0.382 e. The van der Waals surface area contributed by atoms with Gasteiger partial charge in [0.05, 0.1) is 5.69 Å². The fraction of sp³-hybridized carbons (Fsp3) is 0.286. The Labute approximate surface area is 100 Å². The molecule has 0 radical (unpaired) electrons. The van der Waals surface area contributed by atoms with Gasteiger partial charge in [0.15, 0.2) is 0 Å². The summed E-state index contributed by atoms with van der Waals surface area (Å²) in [5.41, 5.74) is 4.07. The number of aliphatic hydroxyl groups is 1. The van der Waals surface area contributed by atoms with E-state index in [0.717, 1.165) is 16.8 Å². The number of rotatable bonds is 2. The fourth-order valence-electron chi connectivity index (χ4n) is 2.00. The number of hydrogen-bond donors (Lipinski definition) is 2. The molecule has 0 aliphatic rings. The van der Waals surface area contributed by atoms with Gasteiger partial charge in [-0.2, -0.15) is 0 Å². The molecule has 0 amide bonds. The maximum absolute atomic E-state index is 13.6. The number of aromatic nitrogens is 1. The first-order valence-electron chi connectivity index (χ1n) is 5.60. The van der Waals surface area contributed by atoms with E-state index < -0.39 is 6.10 Å². The Morgan fingerprint density at radius 3 is 2.29 bits per heavy atom. The van der Waals surface area contributed by atoms with Crippen molar-refractivity contribution in [3.8, 4) is 0 Å². The average molecular weight is 233 g/mol. The topological polar surface area (TPSA) is 36.0 Å². The maximum atomic E-state index is 13.6. The van der Waals surface area contributed by atoms with Crippen LogP contribution in [0.25, 0.3) is 0 Å². The minimum Gasteiger partial charge on any atom is -0.382 e. The predicted octanol–water partition coefficient (Wildman–Crippen LogP) is 3.16. The standard InChI is InChI=1S/C14H16FNO/c1-8-9(2)13(16-10(8)3)14(17)11-6-4-5-7-12(11)15/h4-7,14,16-17H,1-3H3. The third-order valence-electron chi connectivity index (χ3n) is 3.32. The molecule has 2 N–H and O–H groups in total. The Bertz CT molecular complexity index is 545. The Balaban J connectivity index is 2.48. The van der Waals surface area contributed by atoms with E-state index in [1.807, 2.05) is 20.8 Å². The normalized spacial score (nSPS) is 12.8. The van der Waals surface area contributed by atoms with Gasteiger partial charge >= 0.3 is 0 Å². The zero-order valence-electron chi connectivity index (χ0n) is 10.2. The monoisotopic (exact) mass is 233 g/mol. The Kier molecular flexibility index (Phi) is 3.03. The molecule has 1 heterocycles. The van der Waals surface area contributed by atoms with Gasteiger partial charge in [0.2, 0.25) is 0 Å². The Morgan fingerprint density at radius 2 is 1.76 bits per heavy atom. The molecule has 1 unspecified atom stereocenters. The molecular weight excluding hydrogens is 217 g/mol. The number of hydrogen-bond acceptors (Lipinski definition) is 1. The lowest BCUT2D eigenvalue weighted by Crippen LogP contribution is -2.04. The van der Waals surface area contributed by atoms with Crippen molar-refractivity contribution < 1.29 is 9.50 Å². The van der Waals surface area contributed by atoms with Crippen LogP contribution in [0, 0.1) is 26.6 Å². The summed E-state index contributed by atoms with van der Waals surface area (Å²) in [6.07, 6.45) is -0.941. The lowest BCUT2D eigenvalue weighted by Gasteiger charge is -2.11. The van der Waals surface area contributed by atoms with Gasteiger partial charge in [-0.25, -0.2) is 4.39 Å². The summed E-state index contributed by atoms with van der Waals surface area (Å²) in [7, 11) is 0. The third kappa shape index (κ3) is 1.98. The summed E-state index contributed by atoms with van der Waals surface area (Å²) >= 11 is 0. The van der Waals surface area contributed by atoms with Crippen molar-refractivity contribution in [2.45, 2.75) is 26.9 Å². The SMILES string of the molecule is Cc1[nH]c(C(O)c2ccccc2F)c(C)c1C. The van der Waals surface area contributed by atoms with Crippen molar-refractivity contribution in [2.24, 2.45) is 0 Å². The zero-order valence-corrected chi connectivity index (χ0v) is 10.2. The van der Waals surface area contributed by atoms with Gasteiger partial charge in [-0.1, -0.05) is 18.2 Å². The number of aryl methyl sites for hydroxylation is 1. The van der Waals surface area contributed by atoms with Crippen LogP contribution >= 0.6 is 0 Å². The Hall–Kier alpha value is -1.61. The van der Waals surface area contributed by atoms with Crippen LogP contribution in [0.3, 0.4) is 0 Å². The van der Waals surface area contributed by atoms with Crippen LogP contribution in [-0.4, -0.2) is 10.1 Å². The molecule has 0 aliphatic carbocycles. The van der Waals surface area contributed by atoms with Gasteiger partial charge in [-0.3, -0.25) is 0 Å². The molecule has 0 aliphatic heterocycles. The quantitative estimate of drug-likeness (QED) is 0.821. The van der Waals surface area contributed by atoms with Crippen molar-refractivity contribution in [1.82, 2.24) is 4.98 Å². The highest BCUT2D eigenvalue weighted by Gasteiger charge is 2.19. The first-order chi connectivity index (χ1) is 8.02. The van der Waals surface area contributed by atoms with Crippen LogP contribution in [0.5, 0.6) is 0 Å². The molecule has 1 aromatic heterocycles. The smallest absolute Gasteiger partial charge is 0.129 e. The highest BCUT2D eigenvalue weighted by Crippen LogP contribution is 2.28. The second-order valence-corrected chi connectivity index (χ2v) is 4.34. The molecule has 0 saturated carbocycles. The molecule has 2 rings (SSSR count). The summed E-state index contributed by atoms with van der Waals surface area (Å²) in [6, 6.07) is 6.30. The molecular formula is C14H16FNO. The summed E-state index contributed by atoms with van der Waals surface area (Å²) in [6.45, 7) is 5.86. The molecule has 0 saturated heterocycles. The van der Waals surface area contributed by atoms with Gasteiger partial charge in [-0.05, 0) is 38.0 Å². The first-order valence-corrected chi connectivity index (χ1v) is 5.60. The minimum absolute atomic E-state index is 0.303. The van der Waals surface area contributed by atoms with Crippen LogP contribution in [0.15, 0.2) is 24.3 Å². The summed E-state index contributed by atoms with van der Waals surface area (Å²) in [5, 5.41) is 10.2. The average Bonchev–Trinajstić information content (AvgIpc) is 2.57. The van der Waals surface area contributed by atoms with Crippen LogP contribution in [0.4, 0.5) is 4.39 Å². The molecule has 0 fully saturated rings. The molecule has 2 nitrogen and oxygen atoms in total. The summed E-state index contributed by atoms with van der Waals surface area (Å²) in [4.78, 5) is 3.12. The summed E-state index contributed by atoms with van der Waals surface area (Å²) in [5.74, 6) is -0.385. The molecule has 3 heteroatoms. The number of halogens is 1. The second kappa shape index (κ2) is 4.34. The number of benzene rings is 1. The van der Waals surface area contributed by atoms with Crippen LogP contribution < -0.4 is 0 Å². The number of H-pyrrole nitrogens is 1. The van der Waals surface area contributed by atoms with Crippen LogP contribution in [0.2, 0.25) is 0 Å². The molecule has 2 aromatic rings. The van der Waals surface area contributed by atoms with Gasteiger partial charge in [0.25, 0.3) is 0 Å². The number of aromatic amines is 1. The van der Waals surface area contributed by atoms with E-state index in [0.29, 0.717) is 11.3 Å². The van der Waals surface area contributed by atoms with Crippen molar-refractivity contribution in [3.05, 3.63) is 58.2 Å². The molecule has 0 bridgehead atoms. The number of nitrogens with one attached hydrogen (secondary N) is 1. The lowest BCUT2D eigenvalue weighted by atomic mass is 10.0. The highest BCUT2D eigenvalue weighted by molar-refractivity contribution is 5.39. The van der Waals surface area contributed by atoms with E-state index in [4.69, 9.17) is 0 Å². The second-order valence-electron chi connectivity index (χ2n) is 4.34. The molecule has 0 spiro atoms. The van der Waals surface area contributed by atoms with Crippen LogP contribution in [-0.2, 0) is 0 Å². The van der Waals surface area contributed by atoms with E-state index in [2.05, 4.69) is 4.98 Å². The van der Waals surface area contributed by atoms with Gasteiger partial charge in [-0.15, -0.1) is 0 Å². The lowest BCUT2D eigenvalue weighted by molar-refractivity contribution is 0.210. The third-order valence-corrected chi connectivity index (χ3v) is 3.32. The van der Waals surface area contributed by atoms with E-state index in [1.165, 1.54) is 6.07 Å². The predicted molar refractivity (Wildman–Crippen MR) is 65.5 cm³/mol. The van der Waals surface area contributed by atoms with Gasteiger partial charge in [0, 0.05) is 11.3 Å². The molecule has 17 heavy (non-hydrogen) atoms. The van der Waals surface area contributed by atoms with Gasteiger partial charge in [0.1, 0.15) is 11.9 Å². The molecule has 1 atom stereocenters. The number of aliphatic hydroxyl groups excluding tert-OH is 1. The van der Waals surface area contributed by atoms with Crippen LogP contribution in [0.1, 0.15) is 34.2 Å². The highest BCUT2D eigenvalue weighted by atomic mass is 19.1. The first kappa shape index (κ1) is 11.9. The van der Waals surface area contributed by atoms with E-state index >= 15 is 0 Å². The van der Waals surface area contributed by atoms with E-state index in [9.17, 15) is 9.50 Å². The molecule has 1 aromatic carbocycles. The summed E-state index contributed by atoms with van der Waals surface area (Å²) < 4.78 is 13.6. The maximum Gasteiger partial charge on any atom is 0.129 e. The van der Waals surface area contributed by atoms with E-state index in [-0.39, 0.29) is 5.82 Å².